The van der Waals surface area contributed by atoms with E-state index in [-0.39, 0.29) is 5.69 Å². The van der Waals surface area contributed by atoms with Crippen LogP contribution in [0.4, 0.5) is 0 Å². The van der Waals surface area contributed by atoms with Crippen LogP contribution >= 0.6 is 0 Å². The summed E-state index contributed by atoms with van der Waals surface area (Å²) in [5.41, 5.74) is 4.05. The standard InChI is InChI=1S/C15H15N3O/c1-10-6-13(8-16)4-5-14(10)9-18-12(3)7-11(2)17-15(18)19/h4-7H,9H2,1-3H3. The molecule has 1 heterocycles. The van der Waals surface area contributed by atoms with Crippen LogP contribution in [0.25, 0.3) is 0 Å². The zero-order valence-corrected chi connectivity index (χ0v) is 11.3. The van der Waals surface area contributed by atoms with Crippen molar-refractivity contribution < 1.29 is 0 Å². The molecule has 2 rings (SSSR count). The lowest BCUT2D eigenvalue weighted by atomic mass is 10.1. The molecule has 1 aromatic carbocycles. The van der Waals surface area contributed by atoms with Crippen molar-refractivity contribution in [2.45, 2.75) is 27.3 Å². The topological polar surface area (TPSA) is 58.7 Å². The molecule has 0 radical (unpaired) electrons. The molecule has 0 spiro atoms. The Morgan fingerprint density at radius 1 is 1.26 bits per heavy atom. The van der Waals surface area contributed by atoms with Crippen molar-refractivity contribution in [2.75, 3.05) is 0 Å². The van der Waals surface area contributed by atoms with Crippen LogP contribution in [0.15, 0.2) is 29.1 Å². The third-order valence-electron chi connectivity index (χ3n) is 3.15. The molecule has 0 aliphatic rings. The highest BCUT2D eigenvalue weighted by Gasteiger charge is 2.06. The molecular weight excluding hydrogens is 238 g/mol. The van der Waals surface area contributed by atoms with E-state index in [1.807, 2.05) is 39.0 Å². The largest absolute Gasteiger partial charge is 0.348 e. The fraction of sp³-hybridized carbons (Fsp3) is 0.267. The van der Waals surface area contributed by atoms with E-state index in [4.69, 9.17) is 5.26 Å². The summed E-state index contributed by atoms with van der Waals surface area (Å²) in [5, 5.41) is 8.85. The van der Waals surface area contributed by atoms with Crippen LogP contribution in [0.1, 0.15) is 28.1 Å². The number of benzene rings is 1. The van der Waals surface area contributed by atoms with Crippen LogP contribution in [-0.4, -0.2) is 9.55 Å². The number of nitriles is 1. The van der Waals surface area contributed by atoms with Gasteiger partial charge < -0.3 is 0 Å². The highest BCUT2D eigenvalue weighted by Crippen LogP contribution is 2.12. The second kappa shape index (κ2) is 5.07. The molecule has 0 bridgehead atoms. The van der Waals surface area contributed by atoms with Crippen LogP contribution in [-0.2, 0) is 6.54 Å². The first-order valence-corrected chi connectivity index (χ1v) is 6.06. The third kappa shape index (κ3) is 2.71. The molecule has 4 heteroatoms. The lowest BCUT2D eigenvalue weighted by molar-refractivity contribution is 0.691. The molecule has 0 fully saturated rings. The van der Waals surface area contributed by atoms with E-state index in [1.54, 1.807) is 10.6 Å². The Morgan fingerprint density at radius 3 is 2.58 bits per heavy atom. The number of aromatic nitrogens is 2. The Labute approximate surface area is 112 Å². The van der Waals surface area contributed by atoms with Gasteiger partial charge in [-0.2, -0.15) is 10.2 Å². The maximum atomic E-state index is 11.9. The summed E-state index contributed by atoms with van der Waals surface area (Å²) >= 11 is 0. The zero-order valence-electron chi connectivity index (χ0n) is 11.3. The molecule has 0 N–H and O–H groups in total. The fourth-order valence-electron chi connectivity index (χ4n) is 2.08. The van der Waals surface area contributed by atoms with Gasteiger partial charge in [0.2, 0.25) is 0 Å². The number of aryl methyl sites for hydroxylation is 3. The molecule has 0 unspecified atom stereocenters. The molecule has 0 amide bonds. The average molecular weight is 253 g/mol. The molecular formula is C15H15N3O. The molecule has 2 aromatic rings. The van der Waals surface area contributed by atoms with Gasteiger partial charge in [-0.3, -0.25) is 4.57 Å². The zero-order chi connectivity index (χ0) is 14.0. The van der Waals surface area contributed by atoms with Crippen molar-refractivity contribution in [3.8, 4) is 6.07 Å². The molecule has 4 nitrogen and oxygen atoms in total. The summed E-state index contributed by atoms with van der Waals surface area (Å²) in [6.45, 7) is 6.13. The first kappa shape index (κ1) is 13.0. The molecule has 19 heavy (non-hydrogen) atoms. The second-order valence-corrected chi connectivity index (χ2v) is 4.66. The van der Waals surface area contributed by atoms with E-state index in [9.17, 15) is 4.79 Å². The van der Waals surface area contributed by atoms with E-state index in [0.717, 1.165) is 22.5 Å². The smallest absolute Gasteiger partial charge is 0.292 e. The molecule has 0 saturated carbocycles. The van der Waals surface area contributed by atoms with E-state index in [0.29, 0.717) is 12.1 Å². The summed E-state index contributed by atoms with van der Waals surface area (Å²) in [4.78, 5) is 15.8. The molecule has 0 atom stereocenters. The minimum atomic E-state index is -0.235. The summed E-state index contributed by atoms with van der Waals surface area (Å²) in [6, 6.07) is 9.48. The van der Waals surface area contributed by atoms with Crippen molar-refractivity contribution >= 4 is 0 Å². The van der Waals surface area contributed by atoms with Crippen LogP contribution in [0.5, 0.6) is 0 Å². The Bertz CT molecular complexity index is 723. The Balaban J connectivity index is 2.43. The lowest BCUT2D eigenvalue weighted by Crippen LogP contribution is -2.26. The van der Waals surface area contributed by atoms with Crippen molar-refractivity contribution in [3.63, 3.8) is 0 Å². The maximum Gasteiger partial charge on any atom is 0.348 e. The quantitative estimate of drug-likeness (QED) is 0.823. The number of hydrogen-bond acceptors (Lipinski definition) is 3. The van der Waals surface area contributed by atoms with E-state index >= 15 is 0 Å². The predicted octanol–water partition coefficient (Wildman–Crippen LogP) is 2.09. The summed E-state index contributed by atoms with van der Waals surface area (Å²) in [6.07, 6.45) is 0. The number of nitrogens with zero attached hydrogens (tertiary/aromatic N) is 3. The van der Waals surface area contributed by atoms with E-state index in [2.05, 4.69) is 11.1 Å². The minimum absolute atomic E-state index is 0.235. The van der Waals surface area contributed by atoms with Crippen molar-refractivity contribution in [3.05, 3.63) is 62.8 Å². The number of rotatable bonds is 2. The van der Waals surface area contributed by atoms with Crippen molar-refractivity contribution in [1.82, 2.24) is 9.55 Å². The van der Waals surface area contributed by atoms with Gasteiger partial charge in [0.05, 0.1) is 18.2 Å². The van der Waals surface area contributed by atoms with E-state index < -0.39 is 0 Å². The Hall–Kier alpha value is -2.41. The second-order valence-electron chi connectivity index (χ2n) is 4.66. The third-order valence-corrected chi connectivity index (χ3v) is 3.15. The van der Waals surface area contributed by atoms with Gasteiger partial charge in [-0.25, -0.2) is 4.79 Å². The van der Waals surface area contributed by atoms with Crippen LogP contribution in [0.2, 0.25) is 0 Å². The minimum Gasteiger partial charge on any atom is -0.292 e. The normalized spacial score (nSPS) is 10.2. The molecule has 96 valence electrons. The summed E-state index contributed by atoms with van der Waals surface area (Å²) < 4.78 is 1.64. The highest BCUT2D eigenvalue weighted by molar-refractivity contribution is 5.37. The Kier molecular flexibility index (Phi) is 3.48. The van der Waals surface area contributed by atoms with E-state index in [1.165, 1.54) is 0 Å². The summed E-state index contributed by atoms with van der Waals surface area (Å²) in [5.74, 6) is 0. The van der Waals surface area contributed by atoms with Gasteiger partial charge in [-0.1, -0.05) is 6.07 Å². The first-order chi connectivity index (χ1) is 9.01. The summed E-state index contributed by atoms with van der Waals surface area (Å²) in [7, 11) is 0. The van der Waals surface area contributed by atoms with Gasteiger partial charge in [-0.15, -0.1) is 0 Å². The lowest BCUT2D eigenvalue weighted by Gasteiger charge is -2.11. The van der Waals surface area contributed by atoms with Gasteiger partial charge in [0.25, 0.3) is 0 Å². The molecule has 0 aliphatic carbocycles. The maximum absolute atomic E-state index is 11.9. The van der Waals surface area contributed by atoms with Gasteiger partial charge >= 0.3 is 5.69 Å². The predicted molar refractivity (Wildman–Crippen MR) is 73.0 cm³/mol. The Morgan fingerprint density at radius 2 is 2.00 bits per heavy atom. The van der Waals surface area contributed by atoms with Gasteiger partial charge in [-0.05, 0) is 50.1 Å². The van der Waals surface area contributed by atoms with Gasteiger partial charge in [0.15, 0.2) is 0 Å². The highest BCUT2D eigenvalue weighted by atomic mass is 16.1. The fourth-order valence-corrected chi connectivity index (χ4v) is 2.08. The number of hydrogen-bond donors (Lipinski definition) is 0. The van der Waals surface area contributed by atoms with Gasteiger partial charge in [0.1, 0.15) is 0 Å². The molecule has 0 aliphatic heterocycles. The van der Waals surface area contributed by atoms with Gasteiger partial charge in [0, 0.05) is 11.4 Å². The SMILES string of the molecule is Cc1cc(C)n(Cc2ccc(C#N)cc2C)c(=O)n1. The van der Waals surface area contributed by atoms with Crippen molar-refractivity contribution in [1.29, 1.82) is 5.26 Å². The first-order valence-electron chi connectivity index (χ1n) is 6.06. The monoisotopic (exact) mass is 253 g/mol. The van der Waals surface area contributed by atoms with Crippen LogP contribution in [0, 0.1) is 32.1 Å². The average Bonchev–Trinajstić information content (AvgIpc) is 2.35. The molecule has 0 saturated heterocycles. The van der Waals surface area contributed by atoms with Crippen LogP contribution < -0.4 is 5.69 Å². The molecule has 1 aromatic heterocycles. The van der Waals surface area contributed by atoms with Crippen molar-refractivity contribution in [2.24, 2.45) is 0 Å². The van der Waals surface area contributed by atoms with Crippen LogP contribution in [0.3, 0.4) is 0 Å².